The van der Waals surface area contributed by atoms with Crippen molar-refractivity contribution in [3.05, 3.63) is 17.3 Å². The Morgan fingerprint density at radius 2 is 2.31 bits per heavy atom. The number of morpholine rings is 1. The van der Waals surface area contributed by atoms with Crippen molar-refractivity contribution < 1.29 is 9.15 Å². The van der Waals surface area contributed by atoms with Crippen LogP contribution in [-0.2, 0) is 11.2 Å². The van der Waals surface area contributed by atoms with E-state index in [0.29, 0.717) is 12.5 Å². The maximum atomic E-state index is 5.67. The van der Waals surface area contributed by atoms with Crippen molar-refractivity contribution in [2.24, 2.45) is 5.92 Å². The second-order valence-corrected chi connectivity index (χ2v) is 4.73. The molecule has 90 valence electrons. The molecule has 1 unspecified atom stereocenters. The quantitative estimate of drug-likeness (QED) is 0.851. The molecule has 1 N–H and O–H groups in total. The largest absolute Gasteiger partial charge is 0.446 e. The number of hydrogen-bond donors (Lipinski definition) is 1. The van der Waals surface area contributed by atoms with Crippen molar-refractivity contribution in [3.8, 4) is 0 Å². The fourth-order valence-corrected chi connectivity index (χ4v) is 1.97. The molecule has 0 amide bonds. The summed E-state index contributed by atoms with van der Waals surface area (Å²) in [6.07, 6.45) is 0.897. The van der Waals surface area contributed by atoms with Gasteiger partial charge in [0.05, 0.1) is 19.3 Å². The average molecular weight is 224 g/mol. The standard InChI is InChI=1S/C12H20N2O2/c1-8(2)6-11-14-12(9(3)16-11)10-7-15-5-4-13-10/h8,10,13H,4-7H2,1-3H3. The average Bonchev–Trinajstić information content (AvgIpc) is 2.60. The molecule has 1 aliphatic heterocycles. The minimum absolute atomic E-state index is 0.193. The molecule has 4 heteroatoms. The third kappa shape index (κ3) is 2.62. The summed E-state index contributed by atoms with van der Waals surface area (Å²) in [7, 11) is 0. The Labute approximate surface area is 96.4 Å². The molecular weight excluding hydrogens is 204 g/mol. The number of nitrogens with zero attached hydrogens (tertiary/aromatic N) is 1. The molecule has 0 aromatic carbocycles. The third-order valence-electron chi connectivity index (χ3n) is 2.71. The molecule has 0 spiro atoms. The second kappa shape index (κ2) is 4.97. The normalized spacial score (nSPS) is 21.6. The number of aromatic nitrogens is 1. The fraction of sp³-hybridized carbons (Fsp3) is 0.750. The molecule has 1 aromatic rings. The smallest absolute Gasteiger partial charge is 0.194 e. The summed E-state index contributed by atoms with van der Waals surface area (Å²) in [5, 5.41) is 3.40. The predicted molar refractivity (Wildman–Crippen MR) is 61.3 cm³/mol. The van der Waals surface area contributed by atoms with Gasteiger partial charge in [-0.1, -0.05) is 13.8 Å². The topological polar surface area (TPSA) is 47.3 Å². The van der Waals surface area contributed by atoms with E-state index in [1.54, 1.807) is 0 Å². The number of aryl methyl sites for hydroxylation is 1. The van der Waals surface area contributed by atoms with Gasteiger partial charge in [-0.2, -0.15) is 0 Å². The van der Waals surface area contributed by atoms with Gasteiger partial charge in [-0.3, -0.25) is 0 Å². The summed E-state index contributed by atoms with van der Waals surface area (Å²) in [4.78, 5) is 4.56. The molecule has 1 aliphatic rings. The predicted octanol–water partition coefficient (Wildman–Crippen LogP) is 1.84. The first kappa shape index (κ1) is 11.6. The summed E-state index contributed by atoms with van der Waals surface area (Å²) in [6, 6.07) is 0.193. The lowest BCUT2D eigenvalue weighted by molar-refractivity contribution is 0.0753. The minimum Gasteiger partial charge on any atom is -0.446 e. The van der Waals surface area contributed by atoms with Crippen LogP contribution >= 0.6 is 0 Å². The molecule has 2 heterocycles. The van der Waals surface area contributed by atoms with Crippen LogP contribution < -0.4 is 5.32 Å². The van der Waals surface area contributed by atoms with E-state index in [-0.39, 0.29) is 6.04 Å². The van der Waals surface area contributed by atoms with Crippen molar-refractivity contribution in [3.63, 3.8) is 0 Å². The Morgan fingerprint density at radius 3 is 2.94 bits per heavy atom. The van der Waals surface area contributed by atoms with E-state index in [1.165, 1.54) is 0 Å². The lowest BCUT2D eigenvalue weighted by atomic mass is 10.1. The number of rotatable bonds is 3. The lowest BCUT2D eigenvalue weighted by Gasteiger charge is -2.22. The SMILES string of the molecule is Cc1oc(CC(C)C)nc1C1COCCN1. The monoisotopic (exact) mass is 224 g/mol. The molecule has 4 nitrogen and oxygen atoms in total. The Kier molecular flexibility index (Phi) is 3.61. The van der Waals surface area contributed by atoms with Crippen molar-refractivity contribution >= 4 is 0 Å². The highest BCUT2D eigenvalue weighted by Crippen LogP contribution is 2.21. The van der Waals surface area contributed by atoms with E-state index in [4.69, 9.17) is 9.15 Å². The van der Waals surface area contributed by atoms with Gasteiger partial charge in [0.2, 0.25) is 0 Å². The van der Waals surface area contributed by atoms with Gasteiger partial charge >= 0.3 is 0 Å². The van der Waals surface area contributed by atoms with Crippen LogP contribution in [-0.4, -0.2) is 24.7 Å². The minimum atomic E-state index is 0.193. The Hall–Kier alpha value is -0.870. The molecule has 1 aromatic heterocycles. The van der Waals surface area contributed by atoms with Crippen LogP contribution in [0.3, 0.4) is 0 Å². The molecule has 16 heavy (non-hydrogen) atoms. The summed E-state index contributed by atoms with van der Waals surface area (Å²) < 4.78 is 11.1. The highest BCUT2D eigenvalue weighted by molar-refractivity contribution is 5.14. The van der Waals surface area contributed by atoms with Crippen LogP contribution in [0.5, 0.6) is 0 Å². The highest BCUT2D eigenvalue weighted by Gasteiger charge is 2.22. The Bertz CT molecular complexity index is 341. The van der Waals surface area contributed by atoms with Crippen molar-refractivity contribution in [2.45, 2.75) is 33.2 Å². The van der Waals surface area contributed by atoms with Crippen LogP contribution in [0.2, 0.25) is 0 Å². The van der Waals surface area contributed by atoms with E-state index in [1.807, 2.05) is 6.92 Å². The lowest BCUT2D eigenvalue weighted by Crippen LogP contribution is -2.35. The number of hydrogen-bond acceptors (Lipinski definition) is 4. The van der Waals surface area contributed by atoms with Crippen LogP contribution in [0.1, 0.15) is 37.2 Å². The molecule has 0 saturated carbocycles. The maximum Gasteiger partial charge on any atom is 0.194 e. The van der Waals surface area contributed by atoms with Gasteiger partial charge in [0.25, 0.3) is 0 Å². The second-order valence-electron chi connectivity index (χ2n) is 4.73. The molecule has 0 bridgehead atoms. The summed E-state index contributed by atoms with van der Waals surface area (Å²) in [6.45, 7) is 8.67. The van der Waals surface area contributed by atoms with Gasteiger partial charge in [-0.25, -0.2) is 4.98 Å². The maximum absolute atomic E-state index is 5.67. The summed E-state index contributed by atoms with van der Waals surface area (Å²) in [5.74, 6) is 2.33. The molecule has 1 saturated heterocycles. The van der Waals surface area contributed by atoms with Gasteiger partial charge < -0.3 is 14.5 Å². The van der Waals surface area contributed by atoms with Crippen LogP contribution in [0.25, 0.3) is 0 Å². The Balaban J connectivity index is 2.10. The number of oxazole rings is 1. The van der Waals surface area contributed by atoms with Crippen molar-refractivity contribution in [1.29, 1.82) is 0 Å². The van der Waals surface area contributed by atoms with E-state index in [2.05, 4.69) is 24.1 Å². The number of ether oxygens (including phenoxy) is 1. The summed E-state index contributed by atoms with van der Waals surface area (Å²) in [5.41, 5.74) is 1.01. The van der Waals surface area contributed by atoms with Gasteiger partial charge in [-0.05, 0) is 12.8 Å². The van der Waals surface area contributed by atoms with Gasteiger partial charge in [-0.15, -0.1) is 0 Å². The number of nitrogens with one attached hydrogen (secondary N) is 1. The first-order valence-electron chi connectivity index (χ1n) is 5.94. The van der Waals surface area contributed by atoms with E-state index >= 15 is 0 Å². The van der Waals surface area contributed by atoms with Crippen LogP contribution in [0, 0.1) is 12.8 Å². The van der Waals surface area contributed by atoms with Gasteiger partial charge in [0, 0.05) is 13.0 Å². The highest BCUT2D eigenvalue weighted by atomic mass is 16.5. The zero-order valence-electron chi connectivity index (χ0n) is 10.2. The molecule has 0 radical (unpaired) electrons. The van der Waals surface area contributed by atoms with E-state index < -0.39 is 0 Å². The zero-order valence-corrected chi connectivity index (χ0v) is 10.2. The van der Waals surface area contributed by atoms with Gasteiger partial charge in [0.1, 0.15) is 11.5 Å². The first-order valence-corrected chi connectivity index (χ1v) is 5.94. The van der Waals surface area contributed by atoms with Crippen molar-refractivity contribution in [1.82, 2.24) is 10.3 Å². The Morgan fingerprint density at radius 1 is 1.50 bits per heavy atom. The van der Waals surface area contributed by atoms with Crippen LogP contribution in [0.15, 0.2) is 4.42 Å². The third-order valence-corrected chi connectivity index (χ3v) is 2.71. The summed E-state index contributed by atoms with van der Waals surface area (Å²) >= 11 is 0. The zero-order chi connectivity index (χ0) is 11.5. The van der Waals surface area contributed by atoms with E-state index in [0.717, 1.165) is 36.9 Å². The first-order chi connectivity index (χ1) is 7.66. The van der Waals surface area contributed by atoms with Crippen LogP contribution in [0.4, 0.5) is 0 Å². The molecule has 2 rings (SSSR count). The molecular formula is C12H20N2O2. The van der Waals surface area contributed by atoms with Crippen molar-refractivity contribution in [2.75, 3.05) is 19.8 Å². The molecule has 1 fully saturated rings. The van der Waals surface area contributed by atoms with Gasteiger partial charge in [0.15, 0.2) is 5.89 Å². The fourth-order valence-electron chi connectivity index (χ4n) is 1.97. The molecule has 0 aliphatic carbocycles. The van der Waals surface area contributed by atoms with E-state index in [9.17, 15) is 0 Å². The molecule has 1 atom stereocenters.